The highest BCUT2D eigenvalue weighted by Gasteiger charge is 2.28. The number of pyridine rings is 1. The summed E-state index contributed by atoms with van der Waals surface area (Å²) in [6.07, 6.45) is 4.73. The predicted octanol–water partition coefficient (Wildman–Crippen LogP) is 3.22. The molecule has 3 rings (SSSR count). The van der Waals surface area contributed by atoms with Crippen LogP contribution in [0.2, 0.25) is 0 Å². The van der Waals surface area contributed by atoms with Crippen LogP contribution in [0, 0.1) is 0 Å². The van der Waals surface area contributed by atoms with Gasteiger partial charge in [-0.15, -0.1) is 0 Å². The van der Waals surface area contributed by atoms with E-state index in [1.54, 1.807) is 17.2 Å². The van der Waals surface area contributed by atoms with Crippen LogP contribution in [0.3, 0.4) is 0 Å². The zero-order valence-electron chi connectivity index (χ0n) is 17.1. The van der Waals surface area contributed by atoms with Crippen molar-refractivity contribution in [2.75, 3.05) is 20.2 Å². The van der Waals surface area contributed by atoms with Gasteiger partial charge >= 0.3 is 12.1 Å². The van der Waals surface area contributed by atoms with Gasteiger partial charge in [0.2, 0.25) is 0 Å². The highest BCUT2D eigenvalue weighted by molar-refractivity contribution is 5.86. The molecule has 0 radical (unpaired) electrons. The first kappa shape index (κ1) is 20.6. The number of amides is 1. The summed E-state index contributed by atoms with van der Waals surface area (Å²) in [6.45, 7) is 6.74. The van der Waals surface area contributed by atoms with Crippen molar-refractivity contribution in [2.24, 2.45) is 0 Å². The second-order valence-corrected chi connectivity index (χ2v) is 7.99. The Hall–Kier alpha value is -3.10. The zero-order chi connectivity index (χ0) is 21.2. The Balaban J connectivity index is 1.70. The minimum atomic E-state index is -1.12. The minimum absolute atomic E-state index is 0.0854. The van der Waals surface area contributed by atoms with Crippen molar-refractivity contribution in [1.29, 1.82) is 0 Å². The van der Waals surface area contributed by atoms with E-state index in [0.29, 0.717) is 30.1 Å². The van der Waals surface area contributed by atoms with Gasteiger partial charge in [0.05, 0.1) is 25.0 Å². The van der Waals surface area contributed by atoms with Crippen LogP contribution in [0.5, 0.6) is 5.75 Å². The van der Waals surface area contributed by atoms with E-state index in [1.807, 2.05) is 31.6 Å². The summed E-state index contributed by atoms with van der Waals surface area (Å²) in [5.41, 5.74) is 0.599. The molecule has 0 bridgehead atoms. The highest BCUT2D eigenvalue weighted by atomic mass is 16.6. The minimum Gasteiger partial charge on any atom is -0.497 e. The fraction of sp³-hybridized carbons (Fsp3) is 0.500. The average Bonchev–Trinajstić information content (AvgIpc) is 3.16. The number of nitrogens with zero attached hydrogens (tertiary/aromatic N) is 4. The third kappa shape index (κ3) is 5.04. The topological polar surface area (TPSA) is 107 Å². The molecule has 9 nitrogen and oxygen atoms in total. The maximum Gasteiger partial charge on any atom is 0.410 e. The summed E-state index contributed by atoms with van der Waals surface area (Å²) in [7, 11) is 1.48. The van der Waals surface area contributed by atoms with E-state index < -0.39 is 11.6 Å². The van der Waals surface area contributed by atoms with Gasteiger partial charge in [-0.3, -0.25) is 4.68 Å². The molecule has 9 heteroatoms. The van der Waals surface area contributed by atoms with E-state index in [-0.39, 0.29) is 17.8 Å². The Bertz CT molecular complexity index is 895. The number of methoxy groups -OCH3 is 1. The molecule has 1 N–H and O–H groups in total. The van der Waals surface area contributed by atoms with E-state index in [0.717, 1.165) is 12.8 Å². The number of carbonyl (C=O) groups excluding carboxylic acids is 1. The number of hydrogen-bond acceptors (Lipinski definition) is 6. The van der Waals surface area contributed by atoms with Crippen LogP contribution >= 0.6 is 0 Å². The van der Waals surface area contributed by atoms with Gasteiger partial charge in [0, 0.05) is 37.0 Å². The number of likely N-dealkylation sites (tertiary alicyclic amines) is 1. The molecule has 1 aliphatic rings. The van der Waals surface area contributed by atoms with E-state index in [1.165, 1.54) is 13.2 Å². The van der Waals surface area contributed by atoms with Gasteiger partial charge in [-0.2, -0.15) is 5.10 Å². The third-order valence-corrected chi connectivity index (χ3v) is 4.64. The molecule has 2 aromatic heterocycles. The zero-order valence-corrected chi connectivity index (χ0v) is 17.1. The second-order valence-electron chi connectivity index (χ2n) is 7.99. The van der Waals surface area contributed by atoms with Gasteiger partial charge in [-0.1, -0.05) is 0 Å². The average molecular weight is 402 g/mol. The largest absolute Gasteiger partial charge is 0.497 e. The van der Waals surface area contributed by atoms with Crippen molar-refractivity contribution in [3.05, 3.63) is 30.2 Å². The van der Waals surface area contributed by atoms with E-state index in [2.05, 4.69) is 10.1 Å². The monoisotopic (exact) mass is 402 g/mol. The standard InChI is InChI=1S/C20H26N4O5/c1-20(2,3)29-19(27)23-7-5-14(6-8-23)24-12-13(11-21-24)16-9-15(28-4)10-17(22-16)18(25)26/h9-12,14H,5-8H2,1-4H3,(H,25,26). The number of hydrogen-bond donors (Lipinski definition) is 1. The van der Waals surface area contributed by atoms with Crippen LogP contribution < -0.4 is 4.74 Å². The summed E-state index contributed by atoms with van der Waals surface area (Å²) in [5.74, 6) is -0.696. The number of aromatic nitrogens is 3. The smallest absolute Gasteiger partial charge is 0.410 e. The Kier molecular flexibility index (Phi) is 5.76. The molecule has 0 unspecified atom stereocenters. The first-order valence-electron chi connectivity index (χ1n) is 9.48. The number of carboxylic acids is 1. The second kappa shape index (κ2) is 8.10. The van der Waals surface area contributed by atoms with Crippen LogP contribution in [-0.4, -0.2) is 62.6 Å². The molecule has 0 spiro atoms. The quantitative estimate of drug-likeness (QED) is 0.837. The van der Waals surface area contributed by atoms with Crippen LogP contribution in [0.25, 0.3) is 11.3 Å². The molecule has 1 fully saturated rings. The number of aromatic carboxylic acids is 1. The van der Waals surface area contributed by atoms with Gasteiger partial charge < -0.3 is 19.5 Å². The van der Waals surface area contributed by atoms with Crippen LogP contribution in [-0.2, 0) is 4.74 Å². The lowest BCUT2D eigenvalue weighted by atomic mass is 10.1. The number of piperidine rings is 1. The van der Waals surface area contributed by atoms with Crippen molar-refractivity contribution >= 4 is 12.1 Å². The van der Waals surface area contributed by atoms with Gasteiger partial charge in [0.15, 0.2) is 5.69 Å². The van der Waals surface area contributed by atoms with Crippen LogP contribution in [0.4, 0.5) is 4.79 Å². The lowest BCUT2D eigenvalue weighted by Crippen LogP contribution is -2.42. The molecule has 1 aliphatic heterocycles. The molecule has 29 heavy (non-hydrogen) atoms. The Morgan fingerprint density at radius 3 is 2.48 bits per heavy atom. The van der Waals surface area contributed by atoms with Gasteiger partial charge in [0.1, 0.15) is 11.4 Å². The third-order valence-electron chi connectivity index (χ3n) is 4.64. The number of carbonyl (C=O) groups is 2. The van der Waals surface area contributed by atoms with Crippen molar-refractivity contribution in [3.63, 3.8) is 0 Å². The van der Waals surface area contributed by atoms with E-state index in [9.17, 15) is 14.7 Å². The van der Waals surface area contributed by atoms with Crippen LogP contribution in [0.15, 0.2) is 24.5 Å². The molecular formula is C20H26N4O5. The molecular weight excluding hydrogens is 376 g/mol. The van der Waals surface area contributed by atoms with Gasteiger partial charge in [0.25, 0.3) is 0 Å². The Morgan fingerprint density at radius 1 is 1.21 bits per heavy atom. The molecule has 0 aliphatic carbocycles. The predicted molar refractivity (Wildman–Crippen MR) is 105 cm³/mol. The van der Waals surface area contributed by atoms with Gasteiger partial charge in [-0.25, -0.2) is 14.6 Å². The molecule has 1 amide bonds. The van der Waals surface area contributed by atoms with Crippen LogP contribution in [0.1, 0.15) is 50.1 Å². The molecule has 1 saturated heterocycles. The van der Waals surface area contributed by atoms with Crippen molar-refractivity contribution in [3.8, 4) is 17.0 Å². The lowest BCUT2D eigenvalue weighted by molar-refractivity contribution is 0.0184. The molecule has 0 atom stereocenters. The molecule has 2 aromatic rings. The van der Waals surface area contributed by atoms with E-state index >= 15 is 0 Å². The summed E-state index contributed by atoms with van der Waals surface area (Å²) < 4.78 is 12.5. The molecule has 0 aromatic carbocycles. The van der Waals surface area contributed by atoms with Crippen molar-refractivity contribution in [2.45, 2.75) is 45.3 Å². The summed E-state index contributed by atoms with van der Waals surface area (Å²) in [4.78, 5) is 29.4. The molecule has 3 heterocycles. The SMILES string of the molecule is COc1cc(C(=O)O)nc(-c2cnn(C3CCN(C(=O)OC(C)(C)C)CC3)c2)c1. The summed E-state index contributed by atoms with van der Waals surface area (Å²) in [6, 6.07) is 3.20. The first-order chi connectivity index (χ1) is 13.7. The summed E-state index contributed by atoms with van der Waals surface area (Å²) in [5, 5.41) is 13.7. The van der Waals surface area contributed by atoms with Crippen molar-refractivity contribution < 1.29 is 24.2 Å². The fourth-order valence-electron chi connectivity index (χ4n) is 3.19. The fourth-order valence-corrected chi connectivity index (χ4v) is 3.19. The summed E-state index contributed by atoms with van der Waals surface area (Å²) >= 11 is 0. The van der Waals surface area contributed by atoms with Gasteiger partial charge in [-0.05, 0) is 33.6 Å². The lowest BCUT2D eigenvalue weighted by Gasteiger charge is -2.33. The number of ether oxygens (including phenoxy) is 2. The van der Waals surface area contributed by atoms with E-state index in [4.69, 9.17) is 9.47 Å². The molecule has 0 saturated carbocycles. The Morgan fingerprint density at radius 2 is 1.90 bits per heavy atom. The molecule has 156 valence electrons. The normalized spacial score (nSPS) is 15.2. The Labute approximate surface area is 169 Å². The number of carboxylic acid groups (broad SMARTS) is 1. The van der Waals surface area contributed by atoms with Crippen molar-refractivity contribution in [1.82, 2.24) is 19.7 Å². The maximum atomic E-state index is 12.2. The number of rotatable bonds is 4. The first-order valence-corrected chi connectivity index (χ1v) is 9.48. The maximum absolute atomic E-state index is 12.2. The highest BCUT2D eigenvalue weighted by Crippen LogP contribution is 2.27.